The number of nitrogens with zero attached hydrogens (tertiary/aromatic N) is 3. The van der Waals surface area contributed by atoms with E-state index in [1.807, 2.05) is 0 Å². The van der Waals surface area contributed by atoms with Crippen molar-refractivity contribution in [2.45, 2.75) is 26.2 Å². The average molecular weight is 706 g/mol. The van der Waals surface area contributed by atoms with Crippen LogP contribution in [-0.2, 0) is 5.41 Å². The van der Waals surface area contributed by atoms with Gasteiger partial charge in [0, 0.05) is 49.4 Å². The molecule has 0 aliphatic heterocycles. The zero-order valence-electron chi connectivity index (χ0n) is 31.2. The third-order valence-electron chi connectivity index (χ3n) is 11.6. The molecule has 0 spiro atoms. The Hall–Kier alpha value is -6.84. The maximum absolute atomic E-state index is 2.41. The molecule has 0 aliphatic rings. The molecule has 0 atom stereocenters. The molecule has 55 heavy (non-hydrogen) atoms. The summed E-state index contributed by atoms with van der Waals surface area (Å²) in [4.78, 5) is 0. The molecule has 0 aliphatic carbocycles. The maximum atomic E-state index is 2.41. The molecule has 0 N–H and O–H groups in total. The molecule has 0 amide bonds. The highest BCUT2D eigenvalue weighted by Gasteiger charge is 2.18. The van der Waals surface area contributed by atoms with E-state index in [4.69, 9.17) is 0 Å². The molecule has 3 aromatic heterocycles. The highest BCUT2D eigenvalue weighted by molar-refractivity contribution is 6.13. The number of benzene rings is 8. The van der Waals surface area contributed by atoms with Crippen LogP contribution < -0.4 is 0 Å². The third-order valence-corrected chi connectivity index (χ3v) is 11.6. The van der Waals surface area contributed by atoms with Gasteiger partial charge in [0.2, 0.25) is 0 Å². The second-order valence-electron chi connectivity index (χ2n) is 15.9. The van der Waals surface area contributed by atoms with Crippen LogP contribution in [0.2, 0.25) is 0 Å². The molecule has 0 radical (unpaired) electrons. The van der Waals surface area contributed by atoms with Gasteiger partial charge < -0.3 is 13.7 Å². The standard InChI is InChI=1S/C52H39N3/c1-52(2,3)36-22-24-37(25-23-36)54-48-18-10-6-14-42(48)44-32-34(20-30-50(44)54)35-21-31-51-45(33-35)43-15-7-11-19-49(43)55(51)39-28-26-38(27-29-39)53-46-16-8-4-12-40(46)41-13-5-9-17-47(41)53/h4-33H,1-3H3. The Bertz CT molecular complexity index is 3220. The smallest absolute Gasteiger partial charge is 0.0541 e. The largest absolute Gasteiger partial charge is 0.309 e. The minimum atomic E-state index is 0.112. The Morgan fingerprint density at radius 3 is 0.927 bits per heavy atom. The first-order chi connectivity index (χ1) is 26.9. The number of aromatic nitrogens is 3. The first-order valence-electron chi connectivity index (χ1n) is 19.2. The molecule has 3 heteroatoms. The Kier molecular flexibility index (Phi) is 6.81. The lowest BCUT2D eigenvalue weighted by molar-refractivity contribution is 0.590. The molecule has 3 nitrogen and oxygen atoms in total. The van der Waals surface area contributed by atoms with Crippen molar-refractivity contribution in [3.63, 3.8) is 0 Å². The molecule has 0 saturated carbocycles. The van der Waals surface area contributed by atoms with Crippen molar-refractivity contribution in [1.29, 1.82) is 0 Å². The van der Waals surface area contributed by atoms with Gasteiger partial charge in [-0.2, -0.15) is 0 Å². The summed E-state index contributed by atoms with van der Waals surface area (Å²) >= 11 is 0. The summed E-state index contributed by atoms with van der Waals surface area (Å²) in [5, 5.41) is 7.58. The SMILES string of the molecule is CC(C)(C)c1ccc(-n2c3ccccc3c3cc(-c4ccc5c(c4)c4ccccc4n5-c4ccc(-n5c6ccccc6c6ccccc65)cc4)ccc32)cc1. The molecule has 11 rings (SSSR count). The lowest BCUT2D eigenvalue weighted by atomic mass is 9.87. The Morgan fingerprint density at radius 1 is 0.291 bits per heavy atom. The van der Waals surface area contributed by atoms with E-state index in [9.17, 15) is 0 Å². The molecule has 0 saturated heterocycles. The van der Waals surface area contributed by atoms with Gasteiger partial charge in [0.05, 0.1) is 33.1 Å². The molecule has 0 bridgehead atoms. The minimum Gasteiger partial charge on any atom is -0.309 e. The van der Waals surface area contributed by atoms with E-state index in [-0.39, 0.29) is 5.41 Å². The van der Waals surface area contributed by atoms with Crippen LogP contribution in [-0.4, -0.2) is 13.7 Å². The van der Waals surface area contributed by atoms with Crippen molar-refractivity contribution in [3.8, 4) is 28.2 Å². The van der Waals surface area contributed by atoms with E-state index in [2.05, 4.69) is 216 Å². The second-order valence-corrected chi connectivity index (χ2v) is 15.9. The average Bonchev–Trinajstić information content (AvgIpc) is 3.86. The van der Waals surface area contributed by atoms with Crippen LogP contribution in [0.15, 0.2) is 182 Å². The van der Waals surface area contributed by atoms with Crippen LogP contribution >= 0.6 is 0 Å². The summed E-state index contributed by atoms with van der Waals surface area (Å²) in [5.41, 5.74) is 14.7. The first kappa shape index (κ1) is 31.7. The predicted octanol–water partition coefficient (Wildman–Crippen LogP) is 13.9. The minimum absolute atomic E-state index is 0.112. The molecule has 11 aromatic rings. The summed E-state index contributed by atoms with van der Waals surface area (Å²) in [6, 6.07) is 67.0. The van der Waals surface area contributed by atoms with Gasteiger partial charge in [0.25, 0.3) is 0 Å². The van der Waals surface area contributed by atoms with E-state index in [0.717, 1.165) is 11.4 Å². The fourth-order valence-corrected chi connectivity index (χ4v) is 8.92. The van der Waals surface area contributed by atoms with E-state index in [0.29, 0.717) is 0 Å². The number of hydrogen-bond donors (Lipinski definition) is 0. The monoisotopic (exact) mass is 705 g/mol. The summed E-state index contributed by atoms with van der Waals surface area (Å²) in [7, 11) is 0. The van der Waals surface area contributed by atoms with Crippen LogP contribution in [0.3, 0.4) is 0 Å². The van der Waals surface area contributed by atoms with Crippen LogP contribution in [0.25, 0.3) is 93.6 Å². The number of rotatable bonds is 4. The molecular formula is C52H39N3. The van der Waals surface area contributed by atoms with Gasteiger partial charge in [-0.25, -0.2) is 0 Å². The van der Waals surface area contributed by atoms with Crippen LogP contribution in [0.1, 0.15) is 26.3 Å². The predicted molar refractivity (Wildman–Crippen MR) is 234 cm³/mol. The maximum Gasteiger partial charge on any atom is 0.0541 e. The summed E-state index contributed by atoms with van der Waals surface area (Å²) < 4.78 is 7.19. The molecular weight excluding hydrogens is 667 g/mol. The fraction of sp³-hybridized carbons (Fsp3) is 0.0769. The van der Waals surface area contributed by atoms with Crippen molar-refractivity contribution < 1.29 is 0 Å². The molecule has 0 fully saturated rings. The topological polar surface area (TPSA) is 14.8 Å². The van der Waals surface area contributed by atoms with Crippen molar-refractivity contribution >= 4 is 65.4 Å². The number of hydrogen-bond acceptors (Lipinski definition) is 0. The summed E-state index contributed by atoms with van der Waals surface area (Å²) in [5.74, 6) is 0. The number of para-hydroxylation sites is 4. The Morgan fingerprint density at radius 2 is 0.582 bits per heavy atom. The van der Waals surface area contributed by atoms with Gasteiger partial charge >= 0.3 is 0 Å². The van der Waals surface area contributed by atoms with E-state index in [1.165, 1.54) is 87.8 Å². The third kappa shape index (κ3) is 4.83. The highest BCUT2D eigenvalue weighted by Crippen LogP contribution is 2.39. The van der Waals surface area contributed by atoms with Crippen molar-refractivity contribution in [2.75, 3.05) is 0 Å². The quantitative estimate of drug-likeness (QED) is 0.173. The molecule has 262 valence electrons. The van der Waals surface area contributed by atoms with E-state index < -0.39 is 0 Å². The van der Waals surface area contributed by atoms with Crippen molar-refractivity contribution in [3.05, 3.63) is 188 Å². The molecule has 0 unspecified atom stereocenters. The lowest BCUT2D eigenvalue weighted by Crippen LogP contribution is -2.10. The zero-order chi connectivity index (χ0) is 36.8. The first-order valence-corrected chi connectivity index (χ1v) is 19.2. The van der Waals surface area contributed by atoms with Gasteiger partial charge in [-0.1, -0.05) is 118 Å². The van der Waals surface area contributed by atoms with Gasteiger partial charge in [-0.3, -0.25) is 0 Å². The summed E-state index contributed by atoms with van der Waals surface area (Å²) in [6.45, 7) is 6.80. The van der Waals surface area contributed by atoms with Crippen molar-refractivity contribution in [2.24, 2.45) is 0 Å². The van der Waals surface area contributed by atoms with Crippen LogP contribution in [0.5, 0.6) is 0 Å². The van der Waals surface area contributed by atoms with Gasteiger partial charge in [0.15, 0.2) is 0 Å². The molecule has 8 aromatic carbocycles. The van der Waals surface area contributed by atoms with Gasteiger partial charge in [-0.15, -0.1) is 0 Å². The Labute approximate surface area is 319 Å². The normalized spacial score (nSPS) is 12.3. The molecule has 3 heterocycles. The highest BCUT2D eigenvalue weighted by atomic mass is 15.0. The van der Waals surface area contributed by atoms with E-state index in [1.54, 1.807) is 0 Å². The fourth-order valence-electron chi connectivity index (χ4n) is 8.92. The Balaban J connectivity index is 1.02. The van der Waals surface area contributed by atoms with Gasteiger partial charge in [0.1, 0.15) is 0 Å². The van der Waals surface area contributed by atoms with Crippen LogP contribution in [0, 0.1) is 0 Å². The second kappa shape index (κ2) is 11.8. The summed E-state index contributed by atoms with van der Waals surface area (Å²) in [6.07, 6.45) is 0. The van der Waals surface area contributed by atoms with E-state index >= 15 is 0 Å². The lowest BCUT2D eigenvalue weighted by Gasteiger charge is -2.19. The zero-order valence-corrected chi connectivity index (χ0v) is 31.2. The van der Waals surface area contributed by atoms with Gasteiger partial charge in [-0.05, 0) is 107 Å². The number of fused-ring (bicyclic) bond motifs is 9. The van der Waals surface area contributed by atoms with Crippen LogP contribution in [0.4, 0.5) is 0 Å². The van der Waals surface area contributed by atoms with Crippen molar-refractivity contribution in [1.82, 2.24) is 13.7 Å².